The Hall–Kier alpha value is -3.14. The van der Waals surface area contributed by atoms with Crippen LogP contribution < -0.4 is 4.74 Å². The van der Waals surface area contributed by atoms with Crippen LogP contribution in [0.1, 0.15) is 0 Å². The molecule has 3 nitrogen and oxygen atoms in total. The summed E-state index contributed by atoms with van der Waals surface area (Å²) in [5.41, 5.74) is 4.98. The fraction of sp³-hybridized carbons (Fsp3) is 0.0500. The van der Waals surface area contributed by atoms with Crippen molar-refractivity contribution in [2.75, 3.05) is 7.11 Å². The molecule has 0 aliphatic carbocycles. The lowest BCUT2D eigenvalue weighted by Gasteiger charge is -2.05. The predicted molar refractivity (Wildman–Crippen MR) is 93.5 cm³/mol. The first-order chi connectivity index (χ1) is 11.8. The van der Waals surface area contributed by atoms with Gasteiger partial charge in [0.25, 0.3) is 0 Å². The number of halogens is 1. The number of hydrogen-bond donors (Lipinski definition) is 1. The number of hydrogen-bond acceptors (Lipinski definition) is 2. The molecule has 24 heavy (non-hydrogen) atoms. The summed E-state index contributed by atoms with van der Waals surface area (Å²) in [6.45, 7) is 0. The van der Waals surface area contributed by atoms with E-state index in [0.29, 0.717) is 0 Å². The van der Waals surface area contributed by atoms with E-state index in [1.54, 1.807) is 31.6 Å². The molecule has 0 saturated carbocycles. The number of pyridine rings is 1. The summed E-state index contributed by atoms with van der Waals surface area (Å²) in [6, 6.07) is 16.4. The van der Waals surface area contributed by atoms with Gasteiger partial charge in [0.05, 0.1) is 18.3 Å². The van der Waals surface area contributed by atoms with Gasteiger partial charge < -0.3 is 9.72 Å². The number of aromatic amines is 1. The Morgan fingerprint density at radius 2 is 1.67 bits per heavy atom. The molecule has 1 N–H and O–H groups in total. The van der Waals surface area contributed by atoms with E-state index in [0.717, 1.165) is 39.0 Å². The van der Waals surface area contributed by atoms with Crippen molar-refractivity contribution in [3.63, 3.8) is 0 Å². The third-order valence-corrected chi connectivity index (χ3v) is 4.11. The van der Waals surface area contributed by atoms with Crippen molar-refractivity contribution in [1.82, 2.24) is 9.97 Å². The van der Waals surface area contributed by atoms with E-state index < -0.39 is 0 Å². The summed E-state index contributed by atoms with van der Waals surface area (Å²) < 4.78 is 18.6. The Morgan fingerprint density at radius 3 is 2.38 bits per heavy atom. The van der Waals surface area contributed by atoms with Crippen molar-refractivity contribution in [2.45, 2.75) is 0 Å². The van der Waals surface area contributed by atoms with Crippen molar-refractivity contribution in [1.29, 1.82) is 0 Å². The van der Waals surface area contributed by atoms with E-state index in [1.165, 1.54) is 12.1 Å². The largest absolute Gasteiger partial charge is 0.497 e. The molecule has 4 rings (SSSR count). The van der Waals surface area contributed by atoms with Crippen molar-refractivity contribution in [2.24, 2.45) is 0 Å². The minimum absolute atomic E-state index is 0.248. The van der Waals surface area contributed by atoms with Crippen LogP contribution in [0.4, 0.5) is 4.39 Å². The zero-order valence-electron chi connectivity index (χ0n) is 13.1. The lowest BCUT2D eigenvalue weighted by molar-refractivity contribution is 0.415. The molecule has 0 saturated heterocycles. The second-order valence-electron chi connectivity index (χ2n) is 5.53. The summed E-state index contributed by atoms with van der Waals surface area (Å²) in [5, 5.41) is 1.08. The summed E-state index contributed by atoms with van der Waals surface area (Å²) in [7, 11) is 1.65. The summed E-state index contributed by atoms with van der Waals surface area (Å²) >= 11 is 0. The van der Waals surface area contributed by atoms with Crippen LogP contribution in [0, 0.1) is 5.82 Å². The highest BCUT2D eigenvalue weighted by atomic mass is 19.1. The molecule has 0 amide bonds. The van der Waals surface area contributed by atoms with Crippen molar-refractivity contribution in [3.05, 3.63) is 72.8 Å². The topological polar surface area (TPSA) is 37.9 Å². The molecule has 0 spiro atoms. The molecule has 2 aromatic heterocycles. The smallest absolute Gasteiger partial charge is 0.123 e. The third-order valence-electron chi connectivity index (χ3n) is 4.11. The fourth-order valence-corrected chi connectivity index (χ4v) is 2.96. The van der Waals surface area contributed by atoms with Gasteiger partial charge in [0.15, 0.2) is 0 Å². The molecule has 118 valence electrons. The molecule has 2 heterocycles. The Morgan fingerprint density at radius 1 is 0.917 bits per heavy atom. The Labute approximate surface area is 138 Å². The van der Waals surface area contributed by atoms with E-state index in [4.69, 9.17) is 4.74 Å². The van der Waals surface area contributed by atoms with Gasteiger partial charge in [0, 0.05) is 29.4 Å². The molecular formula is C20H15FN2O. The first-order valence-electron chi connectivity index (χ1n) is 7.62. The van der Waals surface area contributed by atoms with Gasteiger partial charge in [-0.2, -0.15) is 0 Å². The highest BCUT2D eigenvalue weighted by molar-refractivity contribution is 6.04. The van der Waals surface area contributed by atoms with Crippen LogP contribution >= 0.6 is 0 Å². The van der Waals surface area contributed by atoms with Crippen LogP contribution in [0.3, 0.4) is 0 Å². The van der Waals surface area contributed by atoms with Gasteiger partial charge in [-0.25, -0.2) is 4.39 Å². The minimum atomic E-state index is -0.248. The summed E-state index contributed by atoms with van der Waals surface area (Å²) in [5.74, 6) is 0.540. The third kappa shape index (κ3) is 2.42. The van der Waals surface area contributed by atoms with Crippen molar-refractivity contribution < 1.29 is 9.13 Å². The van der Waals surface area contributed by atoms with Crippen LogP contribution in [0.25, 0.3) is 33.3 Å². The van der Waals surface area contributed by atoms with Gasteiger partial charge in [-0.15, -0.1) is 0 Å². The number of nitrogens with one attached hydrogen (secondary N) is 1. The van der Waals surface area contributed by atoms with Crippen molar-refractivity contribution in [3.8, 4) is 28.1 Å². The maximum atomic E-state index is 13.3. The number of aromatic nitrogens is 2. The molecule has 4 aromatic rings. The molecular weight excluding hydrogens is 303 g/mol. The van der Waals surface area contributed by atoms with E-state index in [1.807, 2.05) is 30.3 Å². The first-order valence-corrected chi connectivity index (χ1v) is 7.62. The van der Waals surface area contributed by atoms with E-state index in [9.17, 15) is 4.39 Å². The number of fused-ring (bicyclic) bond motifs is 1. The molecule has 0 atom stereocenters. The Bertz CT molecular complexity index is 992. The summed E-state index contributed by atoms with van der Waals surface area (Å²) in [4.78, 5) is 7.55. The van der Waals surface area contributed by atoms with Gasteiger partial charge in [0.1, 0.15) is 11.6 Å². The van der Waals surface area contributed by atoms with Gasteiger partial charge in [-0.05, 0) is 59.7 Å². The van der Waals surface area contributed by atoms with Gasteiger partial charge >= 0.3 is 0 Å². The lowest BCUT2D eigenvalue weighted by Crippen LogP contribution is -1.84. The number of methoxy groups -OCH3 is 1. The maximum Gasteiger partial charge on any atom is 0.123 e. The van der Waals surface area contributed by atoms with Gasteiger partial charge in [0.2, 0.25) is 0 Å². The number of H-pyrrole nitrogens is 1. The predicted octanol–water partition coefficient (Wildman–Crippen LogP) is 5.04. The Kier molecular flexibility index (Phi) is 3.50. The van der Waals surface area contributed by atoms with Crippen LogP contribution in [0.2, 0.25) is 0 Å². The zero-order valence-corrected chi connectivity index (χ0v) is 13.1. The molecule has 0 unspecified atom stereocenters. The first kappa shape index (κ1) is 14.5. The maximum absolute atomic E-state index is 13.3. The quantitative estimate of drug-likeness (QED) is 0.574. The fourth-order valence-electron chi connectivity index (χ4n) is 2.96. The van der Waals surface area contributed by atoms with E-state index >= 15 is 0 Å². The zero-order chi connectivity index (χ0) is 16.5. The summed E-state index contributed by atoms with van der Waals surface area (Å²) in [6.07, 6.45) is 3.54. The Balaban J connectivity index is 2.02. The second kappa shape index (κ2) is 5.81. The highest BCUT2D eigenvalue weighted by Crippen LogP contribution is 2.39. The number of nitrogens with zero attached hydrogens (tertiary/aromatic N) is 1. The highest BCUT2D eigenvalue weighted by Gasteiger charge is 2.15. The van der Waals surface area contributed by atoms with Crippen LogP contribution in [0.15, 0.2) is 67.0 Å². The number of ether oxygens (including phenoxy) is 1. The van der Waals surface area contributed by atoms with Crippen LogP contribution in [-0.2, 0) is 0 Å². The standard InChI is InChI=1S/C20H15FN2O/c1-24-16-6-7-17-18(12-16)23-20(14-2-4-15(21)5-3-14)19(17)13-8-10-22-11-9-13/h2-12,23H,1H3. The molecule has 0 radical (unpaired) electrons. The van der Waals surface area contributed by atoms with E-state index in [-0.39, 0.29) is 5.82 Å². The molecule has 0 aliphatic heterocycles. The molecule has 0 aliphatic rings. The SMILES string of the molecule is COc1ccc2c(-c3ccncc3)c(-c3ccc(F)cc3)[nH]c2c1. The molecule has 0 bridgehead atoms. The minimum Gasteiger partial charge on any atom is -0.497 e. The number of benzene rings is 2. The average molecular weight is 318 g/mol. The number of rotatable bonds is 3. The van der Waals surface area contributed by atoms with Crippen LogP contribution in [0.5, 0.6) is 5.75 Å². The van der Waals surface area contributed by atoms with Gasteiger partial charge in [-0.1, -0.05) is 0 Å². The van der Waals surface area contributed by atoms with E-state index in [2.05, 4.69) is 9.97 Å². The molecule has 4 heteroatoms. The second-order valence-corrected chi connectivity index (χ2v) is 5.53. The normalized spacial score (nSPS) is 10.9. The average Bonchev–Trinajstić information content (AvgIpc) is 3.01. The monoisotopic (exact) mass is 318 g/mol. The molecule has 2 aromatic carbocycles. The lowest BCUT2D eigenvalue weighted by atomic mass is 9.99. The molecule has 0 fully saturated rings. The van der Waals surface area contributed by atoms with Crippen molar-refractivity contribution >= 4 is 10.9 Å². The van der Waals surface area contributed by atoms with Crippen LogP contribution in [-0.4, -0.2) is 17.1 Å². The van der Waals surface area contributed by atoms with Gasteiger partial charge in [-0.3, -0.25) is 4.98 Å².